The molecule has 1 N–H and O–H groups in total. The number of carbonyl (C=O) groups excluding carboxylic acids is 1. The molecule has 0 aliphatic heterocycles. The van der Waals surface area contributed by atoms with Crippen molar-refractivity contribution in [1.82, 2.24) is 19.3 Å². The predicted molar refractivity (Wildman–Crippen MR) is 103 cm³/mol. The molecule has 0 radical (unpaired) electrons. The molecule has 136 valence electrons. The lowest BCUT2D eigenvalue weighted by molar-refractivity contribution is 0.0994. The topological polar surface area (TPSA) is 77.9 Å². The first-order valence-electron chi connectivity index (χ1n) is 8.28. The van der Waals surface area contributed by atoms with E-state index in [0.717, 1.165) is 16.6 Å². The van der Waals surface area contributed by atoms with Crippen LogP contribution >= 0.6 is 15.9 Å². The number of halogens is 1. The normalized spacial score (nSPS) is 10.9. The second-order valence-electron chi connectivity index (χ2n) is 6.01. The summed E-state index contributed by atoms with van der Waals surface area (Å²) in [5.41, 5.74) is 1.83. The number of amides is 1. The number of benzene rings is 1. The van der Waals surface area contributed by atoms with E-state index in [1.165, 1.54) is 0 Å². The van der Waals surface area contributed by atoms with Crippen molar-refractivity contribution in [3.8, 4) is 0 Å². The van der Waals surface area contributed by atoms with Gasteiger partial charge in [0.25, 0.3) is 5.91 Å². The van der Waals surface area contributed by atoms with Gasteiger partial charge in [-0.3, -0.25) is 9.48 Å². The monoisotopic (exact) mass is 425 g/mol. The van der Waals surface area contributed by atoms with Crippen LogP contribution in [0, 0.1) is 0 Å². The average Bonchev–Trinajstić information content (AvgIpc) is 3.40. The van der Waals surface area contributed by atoms with Crippen LogP contribution in [0.25, 0.3) is 0 Å². The zero-order valence-corrected chi connectivity index (χ0v) is 15.8. The number of aromatic nitrogens is 4. The van der Waals surface area contributed by atoms with Gasteiger partial charge in [0.05, 0.1) is 23.5 Å². The van der Waals surface area contributed by atoms with Crippen LogP contribution in [0.5, 0.6) is 0 Å². The number of imidazole rings is 1. The molecule has 1 amide bonds. The molecule has 0 aliphatic carbocycles. The van der Waals surface area contributed by atoms with Gasteiger partial charge in [0, 0.05) is 30.8 Å². The molecule has 3 heterocycles. The van der Waals surface area contributed by atoms with Crippen LogP contribution in [-0.4, -0.2) is 25.2 Å². The van der Waals surface area contributed by atoms with Gasteiger partial charge in [0.1, 0.15) is 5.76 Å². The fourth-order valence-electron chi connectivity index (χ4n) is 2.65. The zero-order chi connectivity index (χ0) is 18.6. The average molecular weight is 426 g/mol. The number of nitrogens with one attached hydrogen (secondary N) is 1. The molecule has 0 bridgehead atoms. The van der Waals surface area contributed by atoms with E-state index in [-0.39, 0.29) is 11.7 Å². The molecule has 8 heteroatoms. The smallest absolute Gasteiger partial charge is 0.291 e. The fraction of sp³-hybridized carbons (Fsp3) is 0.105. The van der Waals surface area contributed by atoms with Crippen LogP contribution in [0.3, 0.4) is 0 Å². The van der Waals surface area contributed by atoms with E-state index in [2.05, 4.69) is 31.3 Å². The highest BCUT2D eigenvalue weighted by Gasteiger charge is 2.12. The van der Waals surface area contributed by atoms with Crippen molar-refractivity contribution in [1.29, 1.82) is 0 Å². The summed E-state index contributed by atoms with van der Waals surface area (Å²) in [7, 11) is 0. The summed E-state index contributed by atoms with van der Waals surface area (Å²) in [6.45, 7) is 1.20. The van der Waals surface area contributed by atoms with E-state index in [9.17, 15) is 4.79 Å². The Hall–Kier alpha value is -3.13. The number of nitrogens with zero attached hydrogens (tertiary/aromatic N) is 4. The van der Waals surface area contributed by atoms with Gasteiger partial charge in [-0.25, -0.2) is 4.98 Å². The minimum Gasteiger partial charge on any atom is -0.454 e. The van der Waals surface area contributed by atoms with E-state index in [1.807, 2.05) is 41.2 Å². The molecule has 0 unspecified atom stereocenters. The van der Waals surface area contributed by atoms with Crippen LogP contribution in [0.1, 0.15) is 21.9 Å². The third kappa shape index (κ3) is 4.35. The summed E-state index contributed by atoms with van der Waals surface area (Å²) >= 11 is 3.35. The predicted octanol–water partition coefficient (Wildman–Crippen LogP) is 3.78. The summed E-state index contributed by atoms with van der Waals surface area (Å²) in [4.78, 5) is 16.4. The van der Waals surface area contributed by atoms with Crippen molar-refractivity contribution in [2.75, 3.05) is 5.32 Å². The Morgan fingerprint density at radius 2 is 2.00 bits per heavy atom. The highest BCUT2D eigenvalue weighted by Crippen LogP contribution is 2.15. The molecule has 27 heavy (non-hydrogen) atoms. The largest absolute Gasteiger partial charge is 0.454 e. The lowest BCUT2D eigenvalue weighted by Crippen LogP contribution is -2.11. The molecule has 0 saturated heterocycles. The van der Waals surface area contributed by atoms with Gasteiger partial charge in [0.15, 0.2) is 5.76 Å². The Kier molecular flexibility index (Phi) is 4.88. The Morgan fingerprint density at radius 3 is 2.70 bits per heavy atom. The van der Waals surface area contributed by atoms with Gasteiger partial charge in [-0.1, -0.05) is 12.1 Å². The van der Waals surface area contributed by atoms with Gasteiger partial charge in [-0.15, -0.1) is 0 Å². The molecule has 3 aromatic heterocycles. The molecule has 1 aromatic carbocycles. The van der Waals surface area contributed by atoms with Crippen LogP contribution in [-0.2, 0) is 13.1 Å². The van der Waals surface area contributed by atoms with Crippen LogP contribution in [0.4, 0.5) is 5.69 Å². The number of rotatable bonds is 6. The molecule has 4 rings (SSSR count). The molecule has 0 spiro atoms. The van der Waals surface area contributed by atoms with Crippen molar-refractivity contribution in [2.24, 2.45) is 0 Å². The first-order chi connectivity index (χ1) is 13.2. The molecule has 0 atom stereocenters. The van der Waals surface area contributed by atoms with Gasteiger partial charge in [-0.05, 0) is 45.8 Å². The number of hydrogen-bond donors (Lipinski definition) is 1. The summed E-state index contributed by atoms with van der Waals surface area (Å²) in [6.07, 6.45) is 8.97. The second kappa shape index (κ2) is 7.63. The van der Waals surface area contributed by atoms with Gasteiger partial charge >= 0.3 is 0 Å². The maximum absolute atomic E-state index is 12.4. The Labute approximate surface area is 163 Å². The Balaban J connectivity index is 1.37. The van der Waals surface area contributed by atoms with Crippen LogP contribution in [0.15, 0.2) is 76.4 Å². The third-order valence-corrected chi connectivity index (χ3v) is 4.35. The molecule has 7 nitrogen and oxygen atoms in total. The number of hydrogen-bond acceptors (Lipinski definition) is 4. The molecule has 0 aliphatic rings. The highest BCUT2D eigenvalue weighted by atomic mass is 79.9. The number of anilines is 1. The maximum atomic E-state index is 12.4. The van der Waals surface area contributed by atoms with Crippen LogP contribution in [0.2, 0.25) is 0 Å². The Morgan fingerprint density at radius 1 is 1.15 bits per heavy atom. The maximum Gasteiger partial charge on any atom is 0.291 e. The van der Waals surface area contributed by atoms with E-state index in [0.29, 0.717) is 18.0 Å². The SMILES string of the molecule is O=C(Nc1ccc(Cn2ccnc2)cc1)c1ccc(Cn2cc(Br)cn2)o1. The van der Waals surface area contributed by atoms with E-state index in [4.69, 9.17) is 4.42 Å². The lowest BCUT2D eigenvalue weighted by atomic mass is 10.2. The first-order valence-corrected chi connectivity index (χ1v) is 9.08. The molecule has 0 fully saturated rings. The van der Waals surface area contributed by atoms with Crippen LogP contribution < -0.4 is 5.32 Å². The minimum absolute atomic E-state index is 0.263. The summed E-state index contributed by atoms with van der Waals surface area (Å²) < 4.78 is 10.2. The van der Waals surface area contributed by atoms with Crippen molar-refractivity contribution >= 4 is 27.5 Å². The first kappa shape index (κ1) is 17.3. The standard InChI is InChI=1S/C19H16BrN5O2/c20-15-9-22-25(11-15)12-17-5-6-18(27-17)19(26)23-16-3-1-14(2-4-16)10-24-8-7-21-13-24/h1-9,11,13H,10,12H2,(H,23,26). The van der Waals surface area contributed by atoms with Crippen molar-refractivity contribution in [2.45, 2.75) is 13.1 Å². The molecular formula is C19H16BrN5O2. The van der Waals surface area contributed by atoms with Crippen molar-refractivity contribution in [3.05, 3.63) is 89.1 Å². The van der Waals surface area contributed by atoms with Crippen molar-refractivity contribution in [3.63, 3.8) is 0 Å². The lowest BCUT2D eigenvalue weighted by Gasteiger charge is -2.06. The summed E-state index contributed by atoms with van der Waals surface area (Å²) in [5.74, 6) is 0.635. The summed E-state index contributed by atoms with van der Waals surface area (Å²) in [6, 6.07) is 11.1. The molecular weight excluding hydrogens is 410 g/mol. The highest BCUT2D eigenvalue weighted by molar-refractivity contribution is 9.10. The fourth-order valence-corrected chi connectivity index (χ4v) is 2.97. The summed E-state index contributed by atoms with van der Waals surface area (Å²) in [5, 5.41) is 7.02. The van der Waals surface area contributed by atoms with Gasteiger partial charge in [0.2, 0.25) is 0 Å². The van der Waals surface area contributed by atoms with E-state index in [1.54, 1.807) is 35.5 Å². The quantitative estimate of drug-likeness (QED) is 0.509. The van der Waals surface area contributed by atoms with Gasteiger partial charge in [-0.2, -0.15) is 5.10 Å². The second-order valence-corrected chi connectivity index (χ2v) is 6.92. The number of furan rings is 1. The molecule has 4 aromatic rings. The van der Waals surface area contributed by atoms with Gasteiger partial charge < -0.3 is 14.3 Å². The third-order valence-electron chi connectivity index (χ3n) is 3.94. The van der Waals surface area contributed by atoms with E-state index >= 15 is 0 Å². The number of carbonyl (C=O) groups is 1. The zero-order valence-electron chi connectivity index (χ0n) is 14.2. The molecule has 0 saturated carbocycles. The van der Waals surface area contributed by atoms with E-state index < -0.39 is 0 Å². The Bertz CT molecular complexity index is 1030. The minimum atomic E-state index is -0.287. The van der Waals surface area contributed by atoms with Crippen molar-refractivity contribution < 1.29 is 9.21 Å².